The molecule has 4 nitrogen and oxygen atoms in total. The quantitative estimate of drug-likeness (QED) is 0.805. The summed E-state index contributed by atoms with van der Waals surface area (Å²) in [5.41, 5.74) is 6.09. The normalized spacial score (nSPS) is 12.6. The number of nitrogens with one attached hydrogen (secondary N) is 1. The van der Waals surface area contributed by atoms with E-state index in [0.29, 0.717) is 11.4 Å². The fourth-order valence-electron chi connectivity index (χ4n) is 2.10. The van der Waals surface area contributed by atoms with E-state index in [2.05, 4.69) is 4.72 Å². The number of sulfonamides is 1. The predicted octanol–water partition coefficient (Wildman–Crippen LogP) is 2.04. The maximum absolute atomic E-state index is 12.3. The van der Waals surface area contributed by atoms with Crippen LogP contribution in [0.15, 0.2) is 29.2 Å². The third-order valence-corrected chi connectivity index (χ3v) is 4.67. The number of benzene rings is 1. The van der Waals surface area contributed by atoms with Crippen LogP contribution in [-0.4, -0.2) is 20.5 Å². The Balaban J connectivity index is 2.88. The molecule has 19 heavy (non-hydrogen) atoms. The first-order valence-electron chi connectivity index (χ1n) is 6.64. The van der Waals surface area contributed by atoms with Crippen molar-refractivity contribution >= 4 is 10.0 Å². The second-order valence-electron chi connectivity index (χ2n) is 5.42. The van der Waals surface area contributed by atoms with Gasteiger partial charge in [-0.25, -0.2) is 13.1 Å². The zero-order chi connectivity index (χ0) is 14.5. The molecule has 0 aliphatic rings. The second kappa shape index (κ2) is 6.50. The van der Waals surface area contributed by atoms with Gasteiger partial charge in [0.25, 0.3) is 0 Å². The molecule has 0 fully saturated rings. The summed E-state index contributed by atoms with van der Waals surface area (Å²) in [5, 5.41) is 0. The average Bonchev–Trinajstić information content (AvgIpc) is 2.28. The van der Waals surface area contributed by atoms with Crippen molar-refractivity contribution in [1.82, 2.24) is 4.72 Å². The van der Waals surface area contributed by atoms with Crippen LogP contribution in [0.5, 0.6) is 0 Å². The van der Waals surface area contributed by atoms with Crippen LogP contribution >= 0.6 is 0 Å². The Morgan fingerprint density at radius 3 is 2.26 bits per heavy atom. The van der Waals surface area contributed by atoms with Crippen LogP contribution in [0, 0.1) is 0 Å². The molecule has 1 rings (SSSR count). The standard InChI is InChI=1S/C14H24N2O2S/c1-4-10-14(2,3)16-19(17,18)13-7-5-12(6-8-13)9-11-15/h5-8,16H,4,9-11,15H2,1-3H3. The van der Waals surface area contributed by atoms with Crippen LogP contribution in [-0.2, 0) is 16.4 Å². The predicted molar refractivity (Wildman–Crippen MR) is 78.5 cm³/mol. The Morgan fingerprint density at radius 1 is 1.21 bits per heavy atom. The zero-order valence-corrected chi connectivity index (χ0v) is 12.8. The molecule has 0 bridgehead atoms. The van der Waals surface area contributed by atoms with Crippen LogP contribution in [0.2, 0.25) is 0 Å². The van der Waals surface area contributed by atoms with Gasteiger partial charge >= 0.3 is 0 Å². The lowest BCUT2D eigenvalue weighted by molar-refractivity contribution is 0.418. The van der Waals surface area contributed by atoms with E-state index in [1.54, 1.807) is 12.1 Å². The largest absolute Gasteiger partial charge is 0.330 e. The molecule has 5 heteroatoms. The van der Waals surface area contributed by atoms with Crippen molar-refractivity contribution in [3.8, 4) is 0 Å². The highest BCUT2D eigenvalue weighted by Crippen LogP contribution is 2.17. The van der Waals surface area contributed by atoms with Crippen molar-refractivity contribution in [3.05, 3.63) is 29.8 Å². The summed E-state index contributed by atoms with van der Waals surface area (Å²) < 4.78 is 27.3. The SMILES string of the molecule is CCCC(C)(C)NS(=O)(=O)c1ccc(CCN)cc1. The smallest absolute Gasteiger partial charge is 0.241 e. The molecule has 0 saturated heterocycles. The second-order valence-corrected chi connectivity index (χ2v) is 7.10. The van der Waals surface area contributed by atoms with Gasteiger partial charge in [0.15, 0.2) is 0 Å². The molecular formula is C14H24N2O2S. The molecule has 0 saturated carbocycles. The Hall–Kier alpha value is -0.910. The summed E-state index contributed by atoms with van der Waals surface area (Å²) in [6.07, 6.45) is 2.50. The van der Waals surface area contributed by atoms with E-state index in [4.69, 9.17) is 5.73 Å². The van der Waals surface area contributed by atoms with Gasteiger partial charge in [-0.05, 0) is 50.9 Å². The number of nitrogens with two attached hydrogens (primary N) is 1. The number of hydrogen-bond donors (Lipinski definition) is 2. The summed E-state index contributed by atoms with van der Waals surface area (Å²) in [4.78, 5) is 0.303. The van der Waals surface area contributed by atoms with Crippen LogP contribution in [0.25, 0.3) is 0 Å². The lowest BCUT2D eigenvalue weighted by Crippen LogP contribution is -2.43. The van der Waals surface area contributed by atoms with Crippen molar-refractivity contribution in [1.29, 1.82) is 0 Å². The third-order valence-electron chi connectivity index (χ3n) is 2.95. The lowest BCUT2D eigenvalue weighted by atomic mass is 10.0. The summed E-state index contributed by atoms with van der Waals surface area (Å²) >= 11 is 0. The van der Waals surface area contributed by atoms with Crippen LogP contribution in [0.4, 0.5) is 0 Å². The molecule has 0 radical (unpaired) electrons. The third kappa shape index (κ3) is 4.93. The maximum atomic E-state index is 12.3. The summed E-state index contributed by atoms with van der Waals surface area (Å²) in [5.74, 6) is 0. The highest BCUT2D eigenvalue weighted by atomic mass is 32.2. The van der Waals surface area contributed by atoms with Gasteiger partial charge in [0.2, 0.25) is 10.0 Å². The van der Waals surface area contributed by atoms with Crippen molar-refractivity contribution < 1.29 is 8.42 Å². The van der Waals surface area contributed by atoms with Gasteiger partial charge in [-0.3, -0.25) is 0 Å². The Bertz CT molecular complexity index is 493. The van der Waals surface area contributed by atoms with Gasteiger partial charge in [0, 0.05) is 5.54 Å². The number of hydrogen-bond acceptors (Lipinski definition) is 3. The van der Waals surface area contributed by atoms with Crippen molar-refractivity contribution in [2.24, 2.45) is 5.73 Å². The Labute approximate surface area is 116 Å². The molecule has 3 N–H and O–H groups in total. The van der Waals surface area contributed by atoms with Crippen LogP contribution in [0.3, 0.4) is 0 Å². The van der Waals surface area contributed by atoms with Gasteiger partial charge in [0.05, 0.1) is 4.90 Å². The summed E-state index contributed by atoms with van der Waals surface area (Å²) in [7, 11) is -3.45. The van der Waals surface area contributed by atoms with E-state index < -0.39 is 15.6 Å². The van der Waals surface area contributed by atoms with E-state index in [9.17, 15) is 8.42 Å². The first-order valence-corrected chi connectivity index (χ1v) is 8.12. The maximum Gasteiger partial charge on any atom is 0.241 e. The Kier molecular flexibility index (Phi) is 5.52. The molecule has 1 aromatic carbocycles. The van der Waals surface area contributed by atoms with E-state index in [0.717, 1.165) is 24.8 Å². The van der Waals surface area contributed by atoms with Crippen molar-refractivity contribution in [2.75, 3.05) is 6.54 Å². The molecular weight excluding hydrogens is 260 g/mol. The molecule has 0 unspecified atom stereocenters. The molecule has 1 aromatic rings. The van der Waals surface area contributed by atoms with Crippen LogP contribution in [0.1, 0.15) is 39.2 Å². The first kappa shape index (κ1) is 16.1. The van der Waals surface area contributed by atoms with Gasteiger partial charge in [-0.2, -0.15) is 0 Å². The molecule has 0 heterocycles. The summed E-state index contributed by atoms with van der Waals surface area (Å²) in [6, 6.07) is 6.90. The minimum absolute atomic E-state index is 0.303. The highest BCUT2D eigenvalue weighted by Gasteiger charge is 2.25. The van der Waals surface area contributed by atoms with E-state index in [-0.39, 0.29) is 0 Å². The zero-order valence-electron chi connectivity index (χ0n) is 11.9. The molecule has 0 aromatic heterocycles. The fourth-order valence-corrected chi connectivity index (χ4v) is 3.54. The monoisotopic (exact) mass is 284 g/mol. The van der Waals surface area contributed by atoms with Crippen molar-refractivity contribution in [3.63, 3.8) is 0 Å². The van der Waals surface area contributed by atoms with E-state index in [1.165, 1.54) is 0 Å². The molecule has 0 aliphatic heterocycles. The molecule has 0 amide bonds. The van der Waals surface area contributed by atoms with Gasteiger partial charge in [0.1, 0.15) is 0 Å². The molecule has 0 aliphatic carbocycles. The Morgan fingerprint density at radius 2 is 1.79 bits per heavy atom. The lowest BCUT2D eigenvalue weighted by Gasteiger charge is -2.25. The van der Waals surface area contributed by atoms with Gasteiger partial charge in [-0.1, -0.05) is 25.5 Å². The minimum atomic E-state index is -3.45. The van der Waals surface area contributed by atoms with Crippen LogP contribution < -0.4 is 10.5 Å². The van der Waals surface area contributed by atoms with Gasteiger partial charge < -0.3 is 5.73 Å². The van der Waals surface area contributed by atoms with Crippen molar-refractivity contribution in [2.45, 2.75) is 50.5 Å². The highest BCUT2D eigenvalue weighted by molar-refractivity contribution is 7.89. The average molecular weight is 284 g/mol. The number of rotatable bonds is 7. The fraction of sp³-hybridized carbons (Fsp3) is 0.571. The van der Waals surface area contributed by atoms with E-state index >= 15 is 0 Å². The molecule has 108 valence electrons. The molecule has 0 atom stereocenters. The first-order chi connectivity index (χ1) is 8.80. The van der Waals surface area contributed by atoms with Gasteiger partial charge in [-0.15, -0.1) is 0 Å². The topological polar surface area (TPSA) is 72.2 Å². The van der Waals surface area contributed by atoms with E-state index in [1.807, 2.05) is 32.9 Å². The minimum Gasteiger partial charge on any atom is -0.330 e. The molecule has 0 spiro atoms. The summed E-state index contributed by atoms with van der Waals surface area (Å²) in [6.45, 7) is 6.40.